The van der Waals surface area contributed by atoms with E-state index in [-0.39, 0.29) is 18.6 Å². The van der Waals surface area contributed by atoms with Crippen LogP contribution in [0.1, 0.15) is 18.7 Å². The highest BCUT2D eigenvalue weighted by Crippen LogP contribution is 2.10. The number of unbranched alkanes of at least 4 members (excludes halogenated alkanes) is 1. The molecule has 15 heavy (non-hydrogen) atoms. The van der Waals surface area contributed by atoms with Crippen molar-refractivity contribution in [1.82, 2.24) is 15.0 Å². The Morgan fingerprint density at radius 3 is 2.07 bits per heavy atom. The van der Waals surface area contributed by atoms with Gasteiger partial charge in [-0.1, -0.05) is 0 Å². The molecule has 0 unspecified atom stereocenters. The van der Waals surface area contributed by atoms with Gasteiger partial charge in [-0.05, 0) is 12.8 Å². The average molecular weight is 213 g/mol. The highest BCUT2D eigenvalue weighted by atomic mass is 16.5. The maximum Gasteiger partial charge on any atom is 0.322 e. The number of ether oxygens (including phenoxy) is 2. The van der Waals surface area contributed by atoms with Crippen LogP contribution in [-0.2, 0) is 6.42 Å². The number of hydrogen-bond donors (Lipinski definition) is 1. The zero-order chi connectivity index (χ0) is 11.1. The van der Waals surface area contributed by atoms with Crippen LogP contribution in [0.15, 0.2) is 0 Å². The van der Waals surface area contributed by atoms with Gasteiger partial charge in [0.05, 0.1) is 14.2 Å². The number of rotatable bonds is 6. The van der Waals surface area contributed by atoms with Crippen molar-refractivity contribution in [2.24, 2.45) is 0 Å². The number of aliphatic hydroxyl groups excluding tert-OH is 1. The van der Waals surface area contributed by atoms with Crippen LogP contribution in [0.2, 0.25) is 0 Å². The summed E-state index contributed by atoms with van der Waals surface area (Å²) in [4.78, 5) is 12.0. The van der Waals surface area contributed by atoms with Crippen molar-refractivity contribution in [3.8, 4) is 12.0 Å². The minimum Gasteiger partial charge on any atom is -0.467 e. The van der Waals surface area contributed by atoms with Crippen molar-refractivity contribution in [3.63, 3.8) is 0 Å². The number of nitrogens with zero attached hydrogens (tertiary/aromatic N) is 3. The molecule has 84 valence electrons. The van der Waals surface area contributed by atoms with Gasteiger partial charge in [-0.2, -0.15) is 9.97 Å². The lowest BCUT2D eigenvalue weighted by molar-refractivity contribution is 0.283. The van der Waals surface area contributed by atoms with Crippen LogP contribution in [0.5, 0.6) is 12.0 Å². The zero-order valence-electron chi connectivity index (χ0n) is 8.93. The molecular formula is C9H15N3O3. The second-order valence-corrected chi connectivity index (χ2v) is 2.91. The van der Waals surface area contributed by atoms with Gasteiger partial charge >= 0.3 is 12.0 Å². The lowest BCUT2D eigenvalue weighted by Gasteiger charge is -2.04. The third kappa shape index (κ3) is 3.67. The molecule has 0 saturated carbocycles. The highest BCUT2D eigenvalue weighted by Gasteiger charge is 2.06. The molecule has 0 atom stereocenters. The van der Waals surface area contributed by atoms with E-state index in [1.165, 1.54) is 14.2 Å². The Kier molecular flexibility index (Phi) is 4.76. The predicted octanol–water partition coefficient (Wildman–Crippen LogP) is 0.204. The van der Waals surface area contributed by atoms with Crippen LogP contribution in [0.3, 0.4) is 0 Å². The summed E-state index contributed by atoms with van der Waals surface area (Å²) in [5.41, 5.74) is 0. The topological polar surface area (TPSA) is 77.4 Å². The molecular weight excluding hydrogens is 198 g/mol. The van der Waals surface area contributed by atoms with E-state index in [1.54, 1.807) is 0 Å². The Bertz CT molecular complexity index is 284. The van der Waals surface area contributed by atoms with Gasteiger partial charge in [0, 0.05) is 13.0 Å². The Labute approximate surface area is 88.3 Å². The summed E-state index contributed by atoms with van der Waals surface area (Å²) < 4.78 is 9.82. The Hall–Kier alpha value is -1.43. The van der Waals surface area contributed by atoms with Crippen molar-refractivity contribution < 1.29 is 14.6 Å². The second-order valence-electron chi connectivity index (χ2n) is 2.91. The second kappa shape index (κ2) is 6.13. The first-order valence-electron chi connectivity index (χ1n) is 4.74. The third-order valence-corrected chi connectivity index (χ3v) is 1.81. The molecule has 0 aromatic carbocycles. The molecule has 0 aliphatic heterocycles. The molecule has 0 amide bonds. The molecule has 1 N–H and O–H groups in total. The largest absolute Gasteiger partial charge is 0.467 e. The summed E-state index contributed by atoms with van der Waals surface area (Å²) in [5.74, 6) is 0.618. The number of hydrogen-bond acceptors (Lipinski definition) is 6. The summed E-state index contributed by atoms with van der Waals surface area (Å²) in [7, 11) is 2.98. The molecule has 1 aromatic heterocycles. The van der Waals surface area contributed by atoms with Crippen molar-refractivity contribution in [3.05, 3.63) is 5.82 Å². The summed E-state index contributed by atoms with van der Waals surface area (Å²) in [6.07, 6.45) is 2.24. The van der Waals surface area contributed by atoms with E-state index in [4.69, 9.17) is 14.6 Å². The molecule has 0 spiro atoms. The molecule has 0 aliphatic rings. The molecule has 6 nitrogen and oxygen atoms in total. The van der Waals surface area contributed by atoms with E-state index >= 15 is 0 Å². The molecule has 1 rings (SSSR count). The fraction of sp³-hybridized carbons (Fsp3) is 0.667. The molecule has 0 fully saturated rings. The van der Waals surface area contributed by atoms with Crippen molar-refractivity contribution in [2.45, 2.75) is 19.3 Å². The number of methoxy groups -OCH3 is 2. The molecule has 0 aliphatic carbocycles. The van der Waals surface area contributed by atoms with E-state index in [9.17, 15) is 0 Å². The van der Waals surface area contributed by atoms with Crippen molar-refractivity contribution in [2.75, 3.05) is 20.8 Å². The first-order chi connectivity index (χ1) is 7.30. The maximum absolute atomic E-state index is 8.64. The Balaban J connectivity index is 2.68. The number of aromatic nitrogens is 3. The van der Waals surface area contributed by atoms with Gasteiger partial charge in [-0.25, -0.2) is 0 Å². The minimum atomic E-state index is 0.180. The zero-order valence-corrected chi connectivity index (χ0v) is 8.93. The molecule has 1 heterocycles. The van der Waals surface area contributed by atoms with Crippen LogP contribution < -0.4 is 9.47 Å². The van der Waals surface area contributed by atoms with Gasteiger partial charge in [0.25, 0.3) is 0 Å². The van der Waals surface area contributed by atoms with Crippen molar-refractivity contribution >= 4 is 0 Å². The Morgan fingerprint density at radius 2 is 1.60 bits per heavy atom. The van der Waals surface area contributed by atoms with Gasteiger partial charge in [0.1, 0.15) is 5.82 Å². The first-order valence-corrected chi connectivity index (χ1v) is 4.74. The van der Waals surface area contributed by atoms with E-state index in [1.807, 2.05) is 0 Å². The Morgan fingerprint density at radius 1 is 1.00 bits per heavy atom. The molecule has 0 saturated heterocycles. The monoisotopic (exact) mass is 213 g/mol. The van der Waals surface area contributed by atoms with Gasteiger partial charge in [-0.3, -0.25) is 0 Å². The van der Waals surface area contributed by atoms with Crippen LogP contribution >= 0.6 is 0 Å². The van der Waals surface area contributed by atoms with Crippen LogP contribution in [0.4, 0.5) is 0 Å². The van der Waals surface area contributed by atoms with Crippen LogP contribution in [-0.4, -0.2) is 40.9 Å². The molecule has 0 radical (unpaired) electrons. The summed E-state index contributed by atoms with van der Waals surface area (Å²) in [5, 5.41) is 8.64. The molecule has 1 aromatic rings. The summed E-state index contributed by atoms with van der Waals surface area (Å²) in [6, 6.07) is 0.502. The van der Waals surface area contributed by atoms with Crippen LogP contribution in [0.25, 0.3) is 0 Å². The van der Waals surface area contributed by atoms with Gasteiger partial charge in [0.15, 0.2) is 0 Å². The number of aliphatic hydroxyl groups is 1. The van der Waals surface area contributed by atoms with E-state index in [2.05, 4.69) is 15.0 Å². The average Bonchev–Trinajstić information content (AvgIpc) is 2.29. The van der Waals surface area contributed by atoms with E-state index in [0.717, 1.165) is 12.8 Å². The standard InChI is InChI=1S/C9H15N3O3/c1-14-8-10-7(5-3-4-6-13)11-9(12-8)15-2/h13H,3-6H2,1-2H3. The normalized spacial score (nSPS) is 10.1. The lowest BCUT2D eigenvalue weighted by Crippen LogP contribution is -2.04. The molecule has 6 heteroatoms. The first kappa shape index (κ1) is 11.6. The fourth-order valence-corrected chi connectivity index (χ4v) is 1.07. The summed E-state index contributed by atoms with van der Waals surface area (Å²) >= 11 is 0. The predicted molar refractivity (Wildman–Crippen MR) is 53.0 cm³/mol. The lowest BCUT2D eigenvalue weighted by atomic mass is 10.2. The SMILES string of the molecule is COc1nc(CCCCO)nc(OC)n1. The fourth-order valence-electron chi connectivity index (χ4n) is 1.07. The van der Waals surface area contributed by atoms with Crippen molar-refractivity contribution in [1.29, 1.82) is 0 Å². The van der Waals surface area contributed by atoms with Gasteiger partial charge < -0.3 is 14.6 Å². The molecule has 0 bridgehead atoms. The minimum absolute atomic E-state index is 0.180. The van der Waals surface area contributed by atoms with E-state index in [0.29, 0.717) is 12.2 Å². The van der Waals surface area contributed by atoms with Crippen LogP contribution in [0, 0.1) is 0 Å². The third-order valence-electron chi connectivity index (χ3n) is 1.81. The summed E-state index contributed by atoms with van der Waals surface area (Å²) in [6.45, 7) is 0.180. The smallest absolute Gasteiger partial charge is 0.322 e. The van der Waals surface area contributed by atoms with E-state index < -0.39 is 0 Å². The number of aryl methyl sites for hydroxylation is 1. The van der Waals surface area contributed by atoms with Gasteiger partial charge in [-0.15, -0.1) is 4.98 Å². The highest BCUT2D eigenvalue weighted by molar-refractivity contribution is 5.05. The van der Waals surface area contributed by atoms with Gasteiger partial charge in [0.2, 0.25) is 0 Å². The maximum atomic E-state index is 8.64. The quantitative estimate of drug-likeness (QED) is 0.680.